The van der Waals surface area contributed by atoms with Crippen LogP contribution in [0.25, 0.3) is 22.2 Å². The minimum Gasteiger partial charge on any atom is -0.465 e. The molecule has 3 aromatic rings. The maximum atomic E-state index is 11.5. The Kier molecular flexibility index (Phi) is 4.09. The Morgan fingerprint density at radius 1 is 1.23 bits per heavy atom. The second-order valence-electron chi connectivity index (χ2n) is 4.58. The van der Waals surface area contributed by atoms with Crippen LogP contribution in [0.15, 0.2) is 47.2 Å². The quantitative estimate of drug-likeness (QED) is 0.617. The highest BCUT2D eigenvalue weighted by atomic mass is 79.9. The predicted molar refractivity (Wildman–Crippen MR) is 89.0 cm³/mol. The molecule has 0 saturated carbocycles. The molecular weight excluding hydrogens is 368 g/mol. The summed E-state index contributed by atoms with van der Waals surface area (Å²) >= 11 is 9.75. The van der Waals surface area contributed by atoms with E-state index in [2.05, 4.69) is 30.6 Å². The van der Waals surface area contributed by atoms with Gasteiger partial charge in [-0.3, -0.25) is 4.98 Å². The van der Waals surface area contributed by atoms with Crippen molar-refractivity contribution < 1.29 is 9.53 Å². The maximum Gasteiger partial charge on any atom is 0.337 e. The number of aromatic nitrogens is 2. The Hall–Kier alpha value is -1.98. The normalized spacial score (nSPS) is 10.7. The molecule has 4 nitrogen and oxygen atoms in total. The number of methoxy groups -OCH3 is 1. The van der Waals surface area contributed by atoms with Crippen molar-refractivity contribution in [3.8, 4) is 11.3 Å². The van der Waals surface area contributed by atoms with Crippen LogP contribution < -0.4 is 0 Å². The van der Waals surface area contributed by atoms with Crippen molar-refractivity contribution in [1.82, 2.24) is 9.97 Å². The molecule has 3 rings (SSSR count). The molecule has 0 unspecified atom stereocenters. The molecule has 0 radical (unpaired) electrons. The summed E-state index contributed by atoms with van der Waals surface area (Å²) in [7, 11) is 1.35. The predicted octanol–water partition coefficient (Wildman–Crippen LogP) is 4.50. The third-order valence-electron chi connectivity index (χ3n) is 3.23. The van der Waals surface area contributed by atoms with Crippen LogP contribution in [0.2, 0.25) is 5.02 Å². The van der Waals surface area contributed by atoms with E-state index >= 15 is 0 Å². The molecule has 0 bridgehead atoms. The summed E-state index contributed by atoms with van der Waals surface area (Å²) in [5.41, 5.74) is 2.82. The van der Waals surface area contributed by atoms with Crippen molar-refractivity contribution in [2.24, 2.45) is 0 Å². The van der Waals surface area contributed by atoms with Gasteiger partial charge in [0.1, 0.15) is 0 Å². The van der Waals surface area contributed by atoms with Gasteiger partial charge in [0.05, 0.1) is 33.4 Å². The number of pyridine rings is 2. The van der Waals surface area contributed by atoms with Gasteiger partial charge in [-0.25, -0.2) is 9.78 Å². The molecular formula is C16H10BrClN2O2. The first-order chi connectivity index (χ1) is 10.6. The Bertz CT molecular complexity index is 866. The van der Waals surface area contributed by atoms with Crippen molar-refractivity contribution in [3.05, 3.63) is 57.8 Å². The van der Waals surface area contributed by atoms with Gasteiger partial charge in [0.2, 0.25) is 0 Å². The van der Waals surface area contributed by atoms with E-state index in [4.69, 9.17) is 11.6 Å². The molecule has 2 aromatic heterocycles. The van der Waals surface area contributed by atoms with Gasteiger partial charge in [-0.15, -0.1) is 0 Å². The second kappa shape index (κ2) is 6.02. The van der Waals surface area contributed by atoms with E-state index in [1.165, 1.54) is 7.11 Å². The van der Waals surface area contributed by atoms with Gasteiger partial charge < -0.3 is 4.74 Å². The van der Waals surface area contributed by atoms with E-state index in [-0.39, 0.29) is 5.97 Å². The van der Waals surface area contributed by atoms with Crippen molar-refractivity contribution >= 4 is 44.4 Å². The largest absolute Gasteiger partial charge is 0.465 e. The Morgan fingerprint density at radius 3 is 2.64 bits per heavy atom. The Morgan fingerprint density at radius 2 is 1.95 bits per heavy atom. The number of nitrogens with zero attached hydrogens (tertiary/aromatic N) is 2. The number of carbonyl (C=O) groups is 1. The van der Waals surface area contributed by atoms with E-state index in [1.54, 1.807) is 30.6 Å². The molecule has 0 saturated heterocycles. The van der Waals surface area contributed by atoms with Crippen LogP contribution in [0.4, 0.5) is 0 Å². The first-order valence-corrected chi connectivity index (χ1v) is 7.56. The highest BCUT2D eigenvalue weighted by molar-refractivity contribution is 9.10. The molecule has 22 heavy (non-hydrogen) atoms. The number of ether oxygens (including phenoxy) is 1. The zero-order valence-electron chi connectivity index (χ0n) is 11.5. The molecule has 6 heteroatoms. The first kappa shape index (κ1) is 14.9. The summed E-state index contributed by atoms with van der Waals surface area (Å²) in [5, 5.41) is 1.36. The number of benzene rings is 1. The highest BCUT2D eigenvalue weighted by Gasteiger charge is 2.10. The molecule has 0 N–H and O–H groups in total. The molecule has 0 aliphatic rings. The van der Waals surface area contributed by atoms with E-state index < -0.39 is 0 Å². The van der Waals surface area contributed by atoms with Gasteiger partial charge in [0, 0.05) is 23.3 Å². The molecule has 0 amide bonds. The highest BCUT2D eigenvalue weighted by Crippen LogP contribution is 2.31. The van der Waals surface area contributed by atoms with Gasteiger partial charge >= 0.3 is 5.97 Å². The van der Waals surface area contributed by atoms with E-state index in [0.717, 1.165) is 26.6 Å². The number of hydrogen-bond donors (Lipinski definition) is 0. The fourth-order valence-corrected chi connectivity index (χ4v) is 2.77. The second-order valence-corrected chi connectivity index (χ2v) is 5.84. The van der Waals surface area contributed by atoms with Gasteiger partial charge in [-0.2, -0.15) is 0 Å². The van der Waals surface area contributed by atoms with Crippen molar-refractivity contribution in [2.75, 3.05) is 7.11 Å². The molecule has 2 heterocycles. The van der Waals surface area contributed by atoms with Crippen LogP contribution in [0, 0.1) is 0 Å². The van der Waals surface area contributed by atoms with E-state index in [0.29, 0.717) is 10.6 Å². The van der Waals surface area contributed by atoms with Crippen LogP contribution in [-0.2, 0) is 4.74 Å². The third-order valence-corrected chi connectivity index (χ3v) is 4.12. The number of carbonyl (C=O) groups excluding carboxylic acids is 1. The average molecular weight is 378 g/mol. The molecule has 0 aliphatic carbocycles. The van der Waals surface area contributed by atoms with Crippen LogP contribution in [0.3, 0.4) is 0 Å². The van der Waals surface area contributed by atoms with E-state index in [1.807, 2.05) is 12.1 Å². The fraction of sp³-hybridized carbons (Fsp3) is 0.0625. The van der Waals surface area contributed by atoms with Gasteiger partial charge in [0.15, 0.2) is 0 Å². The monoisotopic (exact) mass is 376 g/mol. The summed E-state index contributed by atoms with van der Waals surface area (Å²) in [6, 6.07) is 8.80. The lowest BCUT2D eigenvalue weighted by Gasteiger charge is -2.07. The zero-order valence-corrected chi connectivity index (χ0v) is 13.9. The number of halogens is 2. The number of fused-ring (bicyclic) bond motifs is 1. The van der Waals surface area contributed by atoms with Gasteiger partial charge in [0.25, 0.3) is 0 Å². The number of esters is 1. The van der Waals surface area contributed by atoms with Gasteiger partial charge in [-0.1, -0.05) is 23.7 Å². The fourth-order valence-electron chi connectivity index (χ4n) is 2.11. The van der Waals surface area contributed by atoms with Crippen molar-refractivity contribution in [1.29, 1.82) is 0 Å². The summed E-state index contributed by atoms with van der Waals surface area (Å²) < 4.78 is 5.46. The molecule has 110 valence electrons. The van der Waals surface area contributed by atoms with Crippen LogP contribution in [-0.4, -0.2) is 23.0 Å². The van der Waals surface area contributed by atoms with Crippen LogP contribution in [0.1, 0.15) is 10.4 Å². The Labute approximate surface area is 140 Å². The molecule has 0 atom stereocenters. The van der Waals surface area contributed by atoms with Gasteiger partial charge in [-0.05, 0) is 34.1 Å². The number of hydrogen-bond acceptors (Lipinski definition) is 4. The minimum absolute atomic E-state index is 0.370. The maximum absolute atomic E-state index is 11.5. The molecule has 0 aliphatic heterocycles. The SMILES string of the molecule is COC(=O)c1ccc(-c2cc(Cl)c3cncc(Br)c3n2)cc1. The topological polar surface area (TPSA) is 52.1 Å². The van der Waals surface area contributed by atoms with Crippen LogP contribution >= 0.6 is 27.5 Å². The lowest BCUT2D eigenvalue weighted by atomic mass is 10.1. The minimum atomic E-state index is -0.370. The summed E-state index contributed by atoms with van der Waals surface area (Å²) in [4.78, 5) is 20.2. The smallest absolute Gasteiger partial charge is 0.337 e. The van der Waals surface area contributed by atoms with Crippen molar-refractivity contribution in [3.63, 3.8) is 0 Å². The molecule has 1 aromatic carbocycles. The van der Waals surface area contributed by atoms with Crippen molar-refractivity contribution in [2.45, 2.75) is 0 Å². The summed E-state index contributed by atoms with van der Waals surface area (Å²) in [5.74, 6) is -0.370. The third kappa shape index (κ3) is 2.69. The van der Waals surface area contributed by atoms with E-state index in [9.17, 15) is 4.79 Å². The summed E-state index contributed by atoms with van der Waals surface area (Å²) in [6.07, 6.45) is 3.36. The number of rotatable bonds is 2. The lowest BCUT2D eigenvalue weighted by Crippen LogP contribution is -2.00. The standard InChI is InChI=1S/C16H10BrClN2O2/c1-22-16(21)10-4-2-9(3-5-10)14-6-13(18)11-7-19-8-12(17)15(11)20-14/h2-8H,1H3. The lowest BCUT2D eigenvalue weighted by molar-refractivity contribution is 0.0601. The molecule has 0 spiro atoms. The molecule has 0 fully saturated rings. The first-order valence-electron chi connectivity index (χ1n) is 6.38. The Balaban J connectivity index is 2.10. The van der Waals surface area contributed by atoms with Crippen LogP contribution in [0.5, 0.6) is 0 Å². The zero-order chi connectivity index (χ0) is 15.7. The summed E-state index contributed by atoms with van der Waals surface area (Å²) in [6.45, 7) is 0. The average Bonchev–Trinajstić information content (AvgIpc) is 2.55.